The van der Waals surface area contributed by atoms with Crippen LogP contribution in [0.3, 0.4) is 0 Å². The molecule has 5 nitrogen and oxygen atoms in total. The average molecular weight is 398 g/mol. The molecule has 0 heterocycles. The molecule has 0 aliphatic heterocycles. The van der Waals surface area contributed by atoms with Crippen LogP contribution in [0.4, 0.5) is 5.69 Å². The lowest BCUT2D eigenvalue weighted by atomic mass is 10.1. The van der Waals surface area contributed by atoms with Crippen LogP contribution in [0.5, 0.6) is 11.5 Å². The number of methoxy groups -OCH3 is 1. The first-order valence-electron chi connectivity index (χ1n) is 9.43. The Morgan fingerprint density at radius 2 is 1.83 bits per heavy atom. The fraction of sp³-hybridized carbons (Fsp3) is 0.120. The SMILES string of the molecule is COc1ccc(/C=C(\C#N)C(=O)Nc2cccc(C)c2)cc1OCc1ccccc1. The van der Waals surface area contributed by atoms with Crippen LogP contribution >= 0.6 is 0 Å². The Morgan fingerprint density at radius 1 is 1.03 bits per heavy atom. The number of amides is 1. The molecule has 0 aliphatic rings. The van der Waals surface area contributed by atoms with Crippen molar-refractivity contribution < 1.29 is 14.3 Å². The number of nitriles is 1. The van der Waals surface area contributed by atoms with Crippen molar-refractivity contribution in [1.82, 2.24) is 0 Å². The minimum absolute atomic E-state index is 0.00400. The van der Waals surface area contributed by atoms with Crippen LogP contribution in [-0.2, 0) is 11.4 Å². The van der Waals surface area contributed by atoms with Crippen molar-refractivity contribution in [2.24, 2.45) is 0 Å². The third kappa shape index (κ3) is 5.49. The zero-order chi connectivity index (χ0) is 21.3. The van der Waals surface area contributed by atoms with Crippen molar-refractivity contribution in [1.29, 1.82) is 5.26 Å². The minimum Gasteiger partial charge on any atom is -0.493 e. The van der Waals surface area contributed by atoms with E-state index in [9.17, 15) is 10.1 Å². The molecule has 0 bridgehead atoms. The zero-order valence-electron chi connectivity index (χ0n) is 16.9. The second-order valence-corrected chi connectivity index (χ2v) is 6.68. The molecule has 0 fully saturated rings. The van der Waals surface area contributed by atoms with Crippen molar-refractivity contribution in [3.63, 3.8) is 0 Å². The quantitative estimate of drug-likeness (QED) is 0.442. The molecule has 5 heteroatoms. The van der Waals surface area contributed by atoms with Gasteiger partial charge in [0, 0.05) is 5.69 Å². The maximum Gasteiger partial charge on any atom is 0.266 e. The van der Waals surface area contributed by atoms with Crippen LogP contribution in [0.15, 0.2) is 78.4 Å². The molecule has 0 aromatic heterocycles. The van der Waals surface area contributed by atoms with Gasteiger partial charge in [-0.1, -0.05) is 48.5 Å². The predicted molar refractivity (Wildman–Crippen MR) is 117 cm³/mol. The summed E-state index contributed by atoms with van der Waals surface area (Å²) < 4.78 is 11.3. The van der Waals surface area contributed by atoms with E-state index >= 15 is 0 Å². The Bertz CT molecular complexity index is 1100. The van der Waals surface area contributed by atoms with E-state index in [2.05, 4.69) is 5.32 Å². The molecule has 0 spiro atoms. The lowest BCUT2D eigenvalue weighted by Crippen LogP contribution is -2.13. The van der Waals surface area contributed by atoms with Gasteiger partial charge in [0.25, 0.3) is 5.91 Å². The molecule has 0 saturated heterocycles. The highest BCUT2D eigenvalue weighted by Gasteiger charge is 2.11. The van der Waals surface area contributed by atoms with E-state index in [1.165, 1.54) is 6.08 Å². The van der Waals surface area contributed by atoms with Gasteiger partial charge in [0.15, 0.2) is 11.5 Å². The summed E-state index contributed by atoms with van der Waals surface area (Å²) >= 11 is 0. The predicted octanol–water partition coefficient (Wildman–Crippen LogP) is 5.13. The molecule has 0 saturated carbocycles. The summed E-state index contributed by atoms with van der Waals surface area (Å²) in [6.45, 7) is 2.31. The van der Waals surface area contributed by atoms with E-state index in [0.29, 0.717) is 29.4 Å². The Balaban J connectivity index is 1.80. The maximum absolute atomic E-state index is 12.5. The largest absolute Gasteiger partial charge is 0.493 e. The van der Waals surface area contributed by atoms with Crippen LogP contribution in [0.25, 0.3) is 6.08 Å². The third-order valence-corrected chi connectivity index (χ3v) is 4.38. The normalized spacial score (nSPS) is 10.8. The minimum atomic E-state index is -0.467. The van der Waals surface area contributed by atoms with Gasteiger partial charge in [-0.25, -0.2) is 0 Å². The van der Waals surface area contributed by atoms with Crippen LogP contribution in [0, 0.1) is 18.3 Å². The van der Waals surface area contributed by atoms with E-state index in [1.807, 2.05) is 61.5 Å². The molecule has 0 unspecified atom stereocenters. The van der Waals surface area contributed by atoms with Crippen molar-refractivity contribution in [2.75, 3.05) is 12.4 Å². The number of carbonyl (C=O) groups excluding carboxylic acids is 1. The number of hydrogen-bond donors (Lipinski definition) is 1. The maximum atomic E-state index is 12.5. The molecule has 3 aromatic carbocycles. The van der Waals surface area contributed by atoms with Crippen molar-refractivity contribution in [3.05, 3.63) is 95.1 Å². The molecule has 0 atom stereocenters. The van der Waals surface area contributed by atoms with Gasteiger partial charge in [0.05, 0.1) is 7.11 Å². The highest BCUT2D eigenvalue weighted by Crippen LogP contribution is 2.30. The van der Waals surface area contributed by atoms with Crippen LogP contribution < -0.4 is 14.8 Å². The molecule has 3 aromatic rings. The summed E-state index contributed by atoms with van der Waals surface area (Å²) in [5.74, 6) is 0.642. The van der Waals surface area contributed by atoms with Gasteiger partial charge in [0.1, 0.15) is 18.2 Å². The van der Waals surface area contributed by atoms with Crippen LogP contribution in [-0.4, -0.2) is 13.0 Å². The number of nitrogens with zero attached hydrogens (tertiary/aromatic N) is 1. The first-order chi connectivity index (χ1) is 14.6. The number of benzene rings is 3. The number of hydrogen-bond acceptors (Lipinski definition) is 4. The zero-order valence-corrected chi connectivity index (χ0v) is 16.9. The lowest BCUT2D eigenvalue weighted by molar-refractivity contribution is -0.112. The summed E-state index contributed by atoms with van der Waals surface area (Å²) in [7, 11) is 1.57. The highest BCUT2D eigenvalue weighted by atomic mass is 16.5. The van der Waals surface area contributed by atoms with Crippen molar-refractivity contribution in [2.45, 2.75) is 13.5 Å². The Hall–Kier alpha value is -4.04. The summed E-state index contributed by atoms with van der Waals surface area (Å²) in [4.78, 5) is 12.5. The molecular weight excluding hydrogens is 376 g/mol. The van der Waals surface area contributed by atoms with Gasteiger partial charge in [-0.3, -0.25) is 4.79 Å². The summed E-state index contributed by atoms with van der Waals surface area (Å²) in [6.07, 6.45) is 1.53. The molecule has 1 amide bonds. The van der Waals surface area contributed by atoms with Crippen molar-refractivity contribution >= 4 is 17.7 Å². The van der Waals surface area contributed by atoms with Crippen LogP contribution in [0.1, 0.15) is 16.7 Å². The molecule has 0 radical (unpaired) electrons. The van der Waals surface area contributed by atoms with Gasteiger partial charge in [0.2, 0.25) is 0 Å². The monoisotopic (exact) mass is 398 g/mol. The standard InChI is InChI=1S/C25H22N2O3/c1-18-7-6-10-22(13-18)27-25(28)21(16-26)14-20-11-12-23(29-2)24(15-20)30-17-19-8-4-3-5-9-19/h3-15H,17H2,1-2H3,(H,27,28)/b21-14+. The van der Waals surface area contributed by atoms with E-state index < -0.39 is 5.91 Å². The number of anilines is 1. The van der Waals surface area contributed by atoms with E-state index in [-0.39, 0.29) is 5.57 Å². The first kappa shape index (κ1) is 20.7. The second kappa shape index (κ2) is 9.94. The number of ether oxygens (including phenoxy) is 2. The topological polar surface area (TPSA) is 71.3 Å². The van der Waals surface area contributed by atoms with Gasteiger partial charge in [-0.2, -0.15) is 5.26 Å². The second-order valence-electron chi connectivity index (χ2n) is 6.68. The first-order valence-corrected chi connectivity index (χ1v) is 9.43. The average Bonchev–Trinajstić information content (AvgIpc) is 2.76. The molecule has 1 N–H and O–H groups in total. The van der Waals surface area contributed by atoms with Gasteiger partial charge in [-0.15, -0.1) is 0 Å². The lowest BCUT2D eigenvalue weighted by Gasteiger charge is -2.12. The van der Waals surface area contributed by atoms with Gasteiger partial charge < -0.3 is 14.8 Å². The number of carbonyl (C=O) groups is 1. The van der Waals surface area contributed by atoms with Crippen LogP contribution in [0.2, 0.25) is 0 Å². The summed E-state index contributed by atoms with van der Waals surface area (Å²) in [5.41, 5.74) is 3.34. The fourth-order valence-corrected chi connectivity index (χ4v) is 2.87. The number of rotatable bonds is 7. The molecule has 0 aliphatic carbocycles. The van der Waals surface area contributed by atoms with E-state index in [0.717, 1.165) is 11.1 Å². The summed E-state index contributed by atoms with van der Waals surface area (Å²) in [5, 5.41) is 12.2. The number of aryl methyl sites for hydroxylation is 1. The molecular formula is C25H22N2O3. The Labute approximate surface area is 176 Å². The number of nitrogens with one attached hydrogen (secondary N) is 1. The van der Waals surface area contributed by atoms with E-state index in [1.54, 1.807) is 31.4 Å². The third-order valence-electron chi connectivity index (χ3n) is 4.38. The Kier molecular flexibility index (Phi) is 6.86. The smallest absolute Gasteiger partial charge is 0.266 e. The Morgan fingerprint density at radius 3 is 2.53 bits per heavy atom. The molecule has 30 heavy (non-hydrogen) atoms. The van der Waals surface area contributed by atoms with Gasteiger partial charge in [-0.05, 0) is 54.0 Å². The summed E-state index contributed by atoms with van der Waals surface area (Å²) in [6, 6.07) is 24.4. The molecule has 150 valence electrons. The molecule has 3 rings (SSSR count). The van der Waals surface area contributed by atoms with E-state index in [4.69, 9.17) is 9.47 Å². The fourth-order valence-electron chi connectivity index (χ4n) is 2.87. The highest BCUT2D eigenvalue weighted by molar-refractivity contribution is 6.09. The van der Waals surface area contributed by atoms with Crippen molar-refractivity contribution in [3.8, 4) is 17.6 Å². The van der Waals surface area contributed by atoms with Gasteiger partial charge >= 0.3 is 0 Å².